The van der Waals surface area contributed by atoms with E-state index in [4.69, 9.17) is 17.3 Å². The number of amides is 1. The molecule has 0 unspecified atom stereocenters. The molecular weight excluding hydrogens is 250 g/mol. The van der Waals surface area contributed by atoms with Gasteiger partial charge in [-0.2, -0.15) is 0 Å². The Morgan fingerprint density at radius 2 is 2.17 bits per heavy atom. The van der Waals surface area contributed by atoms with Gasteiger partial charge in [-0.1, -0.05) is 23.2 Å². The van der Waals surface area contributed by atoms with Crippen LogP contribution in [0.15, 0.2) is 36.7 Å². The van der Waals surface area contributed by atoms with E-state index in [2.05, 4.69) is 10.3 Å². The van der Waals surface area contributed by atoms with E-state index in [0.717, 1.165) is 5.56 Å². The normalized spacial score (nSPS) is 10.1. The lowest BCUT2D eigenvalue weighted by Crippen LogP contribution is -2.14. The molecule has 1 heterocycles. The van der Waals surface area contributed by atoms with Crippen molar-refractivity contribution in [2.24, 2.45) is 0 Å². The van der Waals surface area contributed by atoms with Crippen LogP contribution in [0.5, 0.6) is 0 Å². The van der Waals surface area contributed by atoms with E-state index < -0.39 is 0 Å². The lowest BCUT2D eigenvalue weighted by atomic mass is 10.1. The van der Waals surface area contributed by atoms with Gasteiger partial charge in [-0.05, 0) is 25.1 Å². The summed E-state index contributed by atoms with van der Waals surface area (Å²) >= 11 is 5.94. The fraction of sp³-hybridized carbons (Fsp3) is 0.0769. The Labute approximate surface area is 110 Å². The third-order valence-corrected chi connectivity index (χ3v) is 2.80. The third-order valence-electron chi connectivity index (χ3n) is 2.47. The minimum atomic E-state index is -0.300. The fourth-order valence-electron chi connectivity index (χ4n) is 1.53. The van der Waals surface area contributed by atoms with Crippen molar-refractivity contribution in [1.29, 1.82) is 0 Å². The van der Waals surface area contributed by atoms with Gasteiger partial charge in [0.05, 0.1) is 22.5 Å². The Hall–Kier alpha value is -2.07. The van der Waals surface area contributed by atoms with Crippen LogP contribution >= 0.6 is 11.6 Å². The summed E-state index contributed by atoms with van der Waals surface area (Å²) in [5.41, 5.74) is 8.05. The summed E-state index contributed by atoms with van der Waals surface area (Å²) < 4.78 is 0. The average Bonchev–Trinajstić information content (AvgIpc) is 2.35. The minimum absolute atomic E-state index is 0.300. The number of carbonyl (C=O) groups excluding carboxylic acids is 1. The maximum Gasteiger partial charge on any atom is 0.257 e. The zero-order valence-electron chi connectivity index (χ0n) is 9.77. The van der Waals surface area contributed by atoms with Gasteiger partial charge in [-0.25, -0.2) is 0 Å². The van der Waals surface area contributed by atoms with E-state index in [1.54, 1.807) is 24.4 Å². The zero-order valence-corrected chi connectivity index (χ0v) is 10.5. The van der Waals surface area contributed by atoms with E-state index in [0.29, 0.717) is 22.0 Å². The molecule has 0 spiro atoms. The summed E-state index contributed by atoms with van der Waals surface area (Å²) in [4.78, 5) is 16.0. The molecule has 1 amide bonds. The van der Waals surface area contributed by atoms with E-state index in [-0.39, 0.29) is 5.91 Å². The van der Waals surface area contributed by atoms with Gasteiger partial charge in [-0.3, -0.25) is 9.78 Å². The molecule has 0 bridgehead atoms. The number of rotatable bonds is 2. The molecule has 5 heteroatoms. The van der Waals surface area contributed by atoms with Crippen LogP contribution in [0.2, 0.25) is 5.02 Å². The molecule has 18 heavy (non-hydrogen) atoms. The van der Waals surface area contributed by atoms with Crippen LogP contribution in [0.1, 0.15) is 15.9 Å². The van der Waals surface area contributed by atoms with E-state index in [9.17, 15) is 4.79 Å². The van der Waals surface area contributed by atoms with Crippen LogP contribution in [0.3, 0.4) is 0 Å². The molecule has 2 aromatic rings. The highest BCUT2D eigenvalue weighted by molar-refractivity contribution is 6.33. The monoisotopic (exact) mass is 261 g/mol. The van der Waals surface area contributed by atoms with Gasteiger partial charge in [-0.15, -0.1) is 0 Å². The van der Waals surface area contributed by atoms with Crippen molar-refractivity contribution in [3.63, 3.8) is 0 Å². The van der Waals surface area contributed by atoms with Crippen LogP contribution in [-0.2, 0) is 0 Å². The van der Waals surface area contributed by atoms with Crippen molar-refractivity contribution in [2.75, 3.05) is 11.1 Å². The first kappa shape index (κ1) is 12.4. The first-order chi connectivity index (χ1) is 8.58. The predicted molar refractivity (Wildman–Crippen MR) is 72.8 cm³/mol. The third kappa shape index (κ3) is 2.60. The molecule has 1 aromatic heterocycles. The van der Waals surface area contributed by atoms with Crippen molar-refractivity contribution in [3.8, 4) is 0 Å². The second-order valence-electron chi connectivity index (χ2n) is 3.90. The molecule has 92 valence electrons. The van der Waals surface area contributed by atoms with Crippen molar-refractivity contribution >= 4 is 28.9 Å². The molecule has 0 aliphatic heterocycles. The Morgan fingerprint density at radius 1 is 1.39 bits per heavy atom. The lowest BCUT2D eigenvalue weighted by Gasteiger charge is -2.09. The molecule has 0 aliphatic rings. The lowest BCUT2D eigenvalue weighted by molar-refractivity contribution is 0.102. The van der Waals surface area contributed by atoms with E-state index in [1.807, 2.05) is 13.0 Å². The Bertz CT molecular complexity index is 599. The number of halogens is 1. The van der Waals surface area contributed by atoms with Crippen molar-refractivity contribution in [1.82, 2.24) is 4.98 Å². The van der Waals surface area contributed by atoms with Gasteiger partial charge < -0.3 is 11.1 Å². The summed E-state index contributed by atoms with van der Waals surface area (Å²) in [6.07, 6.45) is 3.05. The first-order valence-corrected chi connectivity index (χ1v) is 5.72. The molecule has 0 saturated heterocycles. The summed E-state index contributed by atoms with van der Waals surface area (Å²) in [6.45, 7) is 1.90. The summed E-state index contributed by atoms with van der Waals surface area (Å²) in [7, 11) is 0. The Balaban J connectivity index is 2.28. The summed E-state index contributed by atoms with van der Waals surface area (Å²) in [5.74, 6) is -0.300. The molecule has 1 aromatic carbocycles. The highest BCUT2D eigenvalue weighted by Gasteiger charge is 2.11. The number of aromatic nitrogens is 1. The second-order valence-corrected chi connectivity index (χ2v) is 4.31. The van der Waals surface area contributed by atoms with Crippen LogP contribution < -0.4 is 11.1 Å². The maximum absolute atomic E-state index is 12.1. The molecule has 0 saturated carbocycles. The molecule has 2 rings (SSSR count). The van der Waals surface area contributed by atoms with Crippen LogP contribution in [-0.4, -0.2) is 10.9 Å². The molecule has 0 fully saturated rings. The Kier molecular flexibility index (Phi) is 3.48. The number of hydrogen-bond acceptors (Lipinski definition) is 3. The average molecular weight is 262 g/mol. The van der Waals surface area contributed by atoms with E-state index >= 15 is 0 Å². The van der Waals surface area contributed by atoms with Gasteiger partial charge in [0.1, 0.15) is 0 Å². The second kappa shape index (κ2) is 5.06. The SMILES string of the molecule is Cc1ccc(N)c(C(=O)Nc2cnccc2Cl)c1. The number of carbonyl (C=O) groups is 1. The molecule has 4 nitrogen and oxygen atoms in total. The smallest absolute Gasteiger partial charge is 0.257 e. The number of aryl methyl sites for hydroxylation is 1. The van der Waals surface area contributed by atoms with Crippen LogP contribution in [0.4, 0.5) is 11.4 Å². The number of anilines is 2. The maximum atomic E-state index is 12.1. The number of nitrogens with zero attached hydrogens (tertiary/aromatic N) is 1. The predicted octanol–water partition coefficient (Wildman–Crippen LogP) is 2.88. The highest BCUT2D eigenvalue weighted by Crippen LogP contribution is 2.21. The number of nitrogens with one attached hydrogen (secondary N) is 1. The number of benzene rings is 1. The minimum Gasteiger partial charge on any atom is -0.398 e. The first-order valence-electron chi connectivity index (χ1n) is 5.35. The largest absolute Gasteiger partial charge is 0.398 e. The topological polar surface area (TPSA) is 68.0 Å². The quantitative estimate of drug-likeness (QED) is 0.817. The van der Waals surface area contributed by atoms with Crippen molar-refractivity contribution < 1.29 is 4.79 Å². The molecule has 0 radical (unpaired) electrons. The van der Waals surface area contributed by atoms with Gasteiger partial charge in [0.15, 0.2) is 0 Å². The summed E-state index contributed by atoms with van der Waals surface area (Å²) in [5, 5.41) is 3.12. The number of nitrogens with two attached hydrogens (primary N) is 1. The number of hydrogen-bond donors (Lipinski definition) is 2. The number of nitrogen functional groups attached to an aromatic ring is 1. The standard InChI is InChI=1S/C13H12ClN3O/c1-8-2-3-11(15)9(6-8)13(18)17-12-7-16-5-4-10(12)14/h2-7H,15H2,1H3,(H,17,18). The van der Waals surface area contributed by atoms with Crippen molar-refractivity contribution in [2.45, 2.75) is 6.92 Å². The van der Waals surface area contributed by atoms with Gasteiger partial charge in [0, 0.05) is 11.9 Å². The number of pyridine rings is 1. The molecule has 0 atom stereocenters. The van der Waals surface area contributed by atoms with Crippen LogP contribution in [0.25, 0.3) is 0 Å². The van der Waals surface area contributed by atoms with Crippen molar-refractivity contribution in [3.05, 3.63) is 52.8 Å². The zero-order chi connectivity index (χ0) is 13.1. The molecule has 0 aliphatic carbocycles. The van der Waals surface area contributed by atoms with Crippen LogP contribution in [0, 0.1) is 6.92 Å². The molecular formula is C13H12ClN3O. The van der Waals surface area contributed by atoms with E-state index in [1.165, 1.54) is 6.20 Å². The van der Waals surface area contributed by atoms with Gasteiger partial charge in [0.2, 0.25) is 0 Å². The Morgan fingerprint density at radius 3 is 2.89 bits per heavy atom. The highest BCUT2D eigenvalue weighted by atomic mass is 35.5. The molecule has 3 N–H and O–H groups in total. The van der Waals surface area contributed by atoms with Gasteiger partial charge >= 0.3 is 0 Å². The summed E-state index contributed by atoms with van der Waals surface area (Å²) in [6, 6.07) is 6.89. The van der Waals surface area contributed by atoms with Gasteiger partial charge in [0.25, 0.3) is 5.91 Å². The fourth-order valence-corrected chi connectivity index (χ4v) is 1.68.